The number of rotatable bonds is 3. The maximum atomic E-state index is 14.7. The molecule has 1 fully saturated rings. The van der Waals surface area contributed by atoms with Gasteiger partial charge >= 0.3 is 5.97 Å². The highest BCUT2D eigenvalue weighted by molar-refractivity contribution is 6.07. The van der Waals surface area contributed by atoms with E-state index in [0.717, 1.165) is 6.42 Å². The smallest absolute Gasteiger partial charge is 0.341 e. The number of hydrogen-bond acceptors (Lipinski definition) is 5. The number of carboxylic acids is 1. The molecule has 3 heterocycles. The number of aliphatic hydroxyl groups excluding tert-OH is 1. The van der Waals surface area contributed by atoms with E-state index in [-0.39, 0.29) is 22.2 Å². The molecule has 1 atom stereocenters. The zero-order valence-corrected chi connectivity index (χ0v) is 15.4. The lowest BCUT2D eigenvalue weighted by molar-refractivity contribution is 0.0695. The SMILES string of the molecule is CCn1cc(C(=O)O)c(=O)c2c3cc(N4CCCC(O)C4)c(F)cc3ncc21. The summed E-state index contributed by atoms with van der Waals surface area (Å²) >= 11 is 0. The van der Waals surface area contributed by atoms with Crippen LogP contribution in [0.25, 0.3) is 21.8 Å². The van der Waals surface area contributed by atoms with Gasteiger partial charge in [-0.3, -0.25) is 9.78 Å². The molecule has 8 heteroatoms. The summed E-state index contributed by atoms with van der Waals surface area (Å²) in [4.78, 5) is 30.5. The minimum absolute atomic E-state index is 0.213. The molecule has 1 aliphatic heterocycles. The number of carboxylic acid groups (broad SMARTS) is 1. The topological polar surface area (TPSA) is 95.7 Å². The van der Waals surface area contributed by atoms with E-state index >= 15 is 0 Å². The van der Waals surface area contributed by atoms with Crippen LogP contribution < -0.4 is 10.3 Å². The highest BCUT2D eigenvalue weighted by Crippen LogP contribution is 2.30. The molecule has 0 aliphatic carbocycles. The minimum Gasteiger partial charge on any atom is -0.477 e. The molecule has 0 saturated carbocycles. The van der Waals surface area contributed by atoms with Crippen molar-refractivity contribution < 1.29 is 19.4 Å². The Bertz CT molecular complexity index is 1160. The van der Waals surface area contributed by atoms with E-state index in [1.807, 2.05) is 6.92 Å². The second-order valence-electron chi connectivity index (χ2n) is 7.04. The summed E-state index contributed by atoms with van der Waals surface area (Å²) in [6.45, 7) is 3.19. The molecule has 0 spiro atoms. The molecule has 28 heavy (non-hydrogen) atoms. The normalized spacial score (nSPS) is 17.4. The lowest BCUT2D eigenvalue weighted by Crippen LogP contribution is -2.38. The number of hydrogen-bond donors (Lipinski definition) is 2. The van der Waals surface area contributed by atoms with Gasteiger partial charge < -0.3 is 19.7 Å². The molecule has 1 aromatic carbocycles. The molecular weight excluding hydrogens is 365 g/mol. The van der Waals surface area contributed by atoms with Crippen LogP contribution in [0.4, 0.5) is 10.1 Å². The van der Waals surface area contributed by atoms with Crippen LogP contribution >= 0.6 is 0 Å². The monoisotopic (exact) mass is 385 g/mol. The first-order chi connectivity index (χ1) is 13.4. The average molecular weight is 385 g/mol. The molecule has 2 N–H and O–H groups in total. The van der Waals surface area contributed by atoms with Gasteiger partial charge in [0.25, 0.3) is 0 Å². The number of piperidine rings is 1. The van der Waals surface area contributed by atoms with Gasteiger partial charge in [0.2, 0.25) is 5.43 Å². The maximum absolute atomic E-state index is 14.7. The molecule has 1 aliphatic rings. The molecule has 1 saturated heterocycles. The van der Waals surface area contributed by atoms with E-state index < -0.39 is 23.3 Å². The molecule has 7 nitrogen and oxygen atoms in total. The predicted octanol–water partition coefficient (Wildman–Crippen LogP) is 2.37. The second-order valence-corrected chi connectivity index (χ2v) is 7.04. The molecule has 0 bridgehead atoms. The number of β-amino-alcohol motifs (C(OH)–C–C–N with tert-alkyl or cyclic N) is 1. The lowest BCUT2D eigenvalue weighted by atomic mass is 10.0. The van der Waals surface area contributed by atoms with Crippen LogP contribution in [0.1, 0.15) is 30.1 Å². The first kappa shape index (κ1) is 18.4. The van der Waals surface area contributed by atoms with Crippen molar-refractivity contribution in [1.29, 1.82) is 0 Å². The van der Waals surface area contributed by atoms with Crippen molar-refractivity contribution in [3.8, 4) is 0 Å². The first-order valence-electron chi connectivity index (χ1n) is 9.22. The summed E-state index contributed by atoms with van der Waals surface area (Å²) in [5.74, 6) is -1.79. The third-order valence-corrected chi connectivity index (χ3v) is 5.29. The molecule has 1 unspecified atom stereocenters. The van der Waals surface area contributed by atoms with Crippen molar-refractivity contribution in [3.05, 3.63) is 46.1 Å². The first-order valence-corrected chi connectivity index (χ1v) is 9.22. The molecular formula is C20H20FN3O4. The number of fused-ring (bicyclic) bond motifs is 3. The maximum Gasteiger partial charge on any atom is 0.341 e. The van der Waals surface area contributed by atoms with Crippen molar-refractivity contribution >= 4 is 33.5 Å². The third-order valence-electron chi connectivity index (χ3n) is 5.29. The van der Waals surface area contributed by atoms with Crippen molar-refractivity contribution in [2.24, 2.45) is 0 Å². The number of aromatic nitrogens is 2. The summed E-state index contributed by atoms with van der Waals surface area (Å²) in [6, 6.07) is 2.80. The average Bonchev–Trinajstić information content (AvgIpc) is 2.67. The predicted molar refractivity (Wildman–Crippen MR) is 104 cm³/mol. The van der Waals surface area contributed by atoms with E-state index in [4.69, 9.17) is 0 Å². The Morgan fingerprint density at radius 3 is 2.86 bits per heavy atom. The summed E-state index contributed by atoms with van der Waals surface area (Å²) in [5.41, 5.74) is 0.121. The van der Waals surface area contributed by atoms with Crippen LogP contribution in [-0.4, -0.2) is 44.9 Å². The second kappa shape index (κ2) is 6.87. The molecule has 2 aromatic heterocycles. The molecule has 4 rings (SSSR count). The highest BCUT2D eigenvalue weighted by atomic mass is 19.1. The van der Waals surface area contributed by atoms with Crippen LogP contribution in [0.5, 0.6) is 0 Å². The van der Waals surface area contributed by atoms with Gasteiger partial charge in [0.15, 0.2) is 0 Å². The fourth-order valence-corrected chi connectivity index (χ4v) is 3.90. The van der Waals surface area contributed by atoms with E-state index in [1.165, 1.54) is 18.5 Å². The van der Waals surface area contributed by atoms with Gasteiger partial charge in [-0.15, -0.1) is 0 Å². The van der Waals surface area contributed by atoms with Gasteiger partial charge in [-0.25, -0.2) is 9.18 Å². The number of aliphatic hydroxyl groups is 1. The molecule has 3 aromatic rings. The van der Waals surface area contributed by atoms with Gasteiger partial charge in [0, 0.05) is 37.3 Å². The highest BCUT2D eigenvalue weighted by Gasteiger charge is 2.23. The summed E-state index contributed by atoms with van der Waals surface area (Å²) in [7, 11) is 0. The van der Waals surface area contributed by atoms with Crippen molar-refractivity contribution in [2.75, 3.05) is 18.0 Å². The number of anilines is 1. The van der Waals surface area contributed by atoms with Gasteiger partial charge in [0.1, 0.15) is 11.4 Å². The van der Waals surface area contributed by atoms with Crippen LogP contribution in [0, 0.1) is 5.82 Å². The van der Waals surface area contributed by atoms with E-state index in [0.29, 0.717) is 37.0 Å². The number of nitrogens with zero attached hydrogens (tertiary/aromatic N) is 3. The van der Waals surface area contributed by atoms with Crippen LogP contribution in [0.2, 0.25) is 0 Å². The largest absolute Gasteiger partial charge is 0.477 e. The van der Waals surface area contributed by atoms with E-state index in [1.54, 1.807) is 15.5 Å². The Morgan fingerprint density at radius 1 is 1.39 bits per heavy atom. The zero-order chi connectivity index (χ0) is 20.0. The fraction of sp³-hybridized carbons (Fsp3) is 0.350. The Hall–Kier alpha value is -3.00. The summed E-state index contributed by atoms with van der Waals surface area (Å²) < 4.78 is 16.4. The number of aromatic carboxylic acids is 1. The van der Waals surface area contributed by atoms with E-state index in [2.05, 4.69) is 4.98 Å². The van der Waals surface area contributed by atoms with Gasteiger partial charge in [-0.2, -0.15) is 0 Å². The standard InChI is InChI=1S/C20H20FN3O4/c1-2-23-10-13(20(27)28)19(26)18-12-6-16(24-5-3-4-11(25)9-24)14(21)7-15(12)22-8-17(18)23/h6-8,10-11,25H,2-5,9H2,1H3,(H,27,28). The van der Waals surface area contributed by atoms with E-state index in [9.17, 15) is 24.2 Å². The van der Waals surface area contributed by atoms with Crippen molar-refractivity contribution in [1.82, 2.24) is 9.55 Å². The fourth-order valence-electron chi connectivity index (χ4n) is 3.90. The third kappa shape index (κ3) is 2.90. The Morgan fingerprint density at radius 2 is 2.18 bits per heavy atom. The molecule has 0 amide bonds. The van der Waals surface area contributed by atoms with Gasteiger partial charge in [-0.05, 0) is 25.8 Å². The summed E-state index contributed by atoms with van der Waals surface area (Å²) in [6.07, 6.45) is 3.65. The Labute approximate surface area is 159 Å². The number of benzene rings is 1. The Balaban J connectivity index is 2.05. The number of halogens is 1. The minimum atomic E-state index is -1.31. The number of aryl methyl sites for hydroxylation is 1. The van der Waals surface area contributed by atoms with Crippen molar-refractivity contribution in [2.45, 2.75) is 32.4 Å². The van der Waals surface area contributed by atoms with Gasteiger partial charge in [0.05, 0.1) is 34.4 Å². The summed E-state index contributed by atoms with van der Waals surface area (Å²) in [5, 5.41) is 20.0. The Kier molecular flexibility index (Phi) is 4.50. The zero-order valence-electron chi connectivity index (χ0n) is 15.4. The van der Waals surface area contributed by atoms with Crippen LogP contribution in [-0.2, 0) is 6.54 Å². The van der Waals surface area contributed by atoms with Crippen LogP contribution in [0.15, 0.2) is 29.3 Å². The lowest BCUT2D eigenvalue weighted by Gasteiger charge is -2.32. The number of pyridine rings is 2. The van der Waals surface area contributed by atoms with Gasteiger partial charge in [-0.1, -0.05) is 0 Å². The van der Waals surface area contributed by atoms with Crippen molar-refractivity contribution in [3.63, 3.8) is 0 Å². The molecule has 146 valence electrons. The molecule has 0 radical (unpaired) electrons. The number of carbonyl (C=O) groups is 1. The quantitative estimate of drug-likeness (QED) is 0.672. The van der Waals surface area contributed by atoms with Crippen LogP contribution in [0.3, 0.4) is 0 Å².